The number of aromatic nitrogens is 2. The van der Waals surface area contributed by atoms with E-state index in [1.807, 2.05) is 24.3 Å². The molecule has 0 aliphatic carbocycles. The predicted molar refractivity (Wildman–Crippen MR) is 108 cm³/mol. The quantitative estimate of drug-likeness (QED) is 0.702. The Bertz CT molecular complexity index is 988. The first-order valence-electron chi connectivity index (χ1n) is 9.25. The maximum atomic E-state index is 11.1. The summed E-state index contributed by atoms with van der Waals surface area (Å²) in [5.74, 6) is 0.687. The normalized spacial score (nSPS) is 13.2. The Hall–Kier alpha value is -2.92. The fraction of sp³-hybridized carbons (Fsp3) is 0.227. The molecule has 0 unspecified atom stereocenters. The van der Waals surface area contributed by atoms with Crippen molar-refractivity contribution in [1.29, 1.82) is 0 Å². The van der Waals surface area contributed by atoms with Gasteiger partial charge in [-0.15, -0.1) is 0 Å². The lowest BCUT2D eigenvalue weighted by atomic mass is 10.0. The maximum Gasteiger partial charge on any atom is 0.407 e. The summed E-state index contributed by atoms with van der Waals surface area (Å²) in [6.45, 7) is 0.830. The molecule has 0 atom stereocenters. The van der Waals surface area contributed by atoms with Gasteiger partial charge in [0.05, 0.1) is 12.2 Å². The van der Waals surface area contributed by atoms with Gasteiger partial charge in [0.15, 0.2) is 5.82 Å². The van der Waals surface area contributed by atoms with Crippen molar-refractivity contribution in [3.8, 4) is 11.4 Å². The van der Waals surface area contributed by atoms with E-state index in [0.717, 1.165) is 34.7 Å². The molecule has 1 aliphatic rings. The van der Waals surface area contributed by atoms with Gasteiger partial charge in [-0.2, -0.15) is 0 Å². The van der Waals surface area contributed by atoms with Crippen LogP contribution in [0.15, 0.2) is 54.7 Å². The lowest BCUT2D eigenvalue weighted by Gasteiger charge is -2.25. The summed E-state index contributed by atoms with van der Waals surface area (Å²) in [7, 11) is 0. The standard InChI is InChI=1S/C22H20ClN3O2/c23-19-9-5-16(6-10-19)2-1-15-3-7-17(8-4-15)21-24-13-18-14-26(22(27)28)12-11-20(18)25-21/h3-10,13H,1-2,11-12,14H2,(H,27,28). The van der Waals surface area contributed by atoms with Crippen molar-refractivity contribution in [3.05, 3.63) is 82.1 Å². The predicted octanol–water partition coefficient (Wildman–Crippen LogP) is 4.62. The molecule has 0 saturated heterocycles. The van der Waals surface area contributed by atoms with Crippen LogP contribution in [0.2, 0.25) is 5.02 Å². The van der Waals surface area contributed by atoms with Crippen molar-refractivity contribution < 1.29 is 9.90 Å². The molecule has 1 N–H and O–H groups in total. The van der Waals surface area contributed by atoms with Crippen molar-refractivity contribution in [2.45, 2.75) is 25.8 Å². The van der Waals surface area contributed by atoms with E-state index >= 15 is 0 Å². The van der Waals surface area contributed by atoms with Crippen LogP contribution in [-0.2, 0) is 25.8 Å². The molecule has 6 heteroatoms. The molecule has 0 bridgehead atoms. The largest absolute Gasteiger partial charge is 0.465 e. The Morgan fingerprint density at radius 2 is 1.68 bits per heavy atom. The average Bonchev–Trinajstić information content (AvgIpc) is 2.73. The molecule has 1 aromatic heterocycles. The van der Waals surface area contributed by atoms with Crippen molar-refractivity contribution >= 4 is 17.7 Å². The van der Waals surface area contributed by atoms with Crippen LogP contribution in [-0.4, -0.2) is 32.6 Å². The molecular weight excluding hydrogens is 374 g/mol. The summed E-state index contributed by atoms with van der Waals surface area (Å²) in [5, 5.41) is 9.89. The zero-order valence-electron chi connectivity index (χ0n) is 15.3. The van der Waals surface area contributed by atoms with E-state index in [1.54, 1.807) is 6.20 Å². The number of hydrogen-bond donors (Lipinski definition) is 1. The van der Waals surface area contributed by atoms with Gasteiger partial charge in [-0.1, -0.05) is 48.0 Å². The zero-order chi connectivity index (χ0) is 19.5. The molecule has 0 spiro atoms. The number of aryl methyl sites for hydroxylation is 2. The van der Waals surface area contributed by atoms with E-state index in [-0.39, 0.29) is 0 Å². The second kappa shape index (κ2) is 7.98. The Kier molecular flexibility index (Phi) is 5.26. The first-order chi connectivity index (χ1) is 13.6. The van der Waals surface area contributed by atoms with Gasteiger partial charge in [-0.05, 0) is 36.1 Å². The monoisotopic (exact) mass is 393 g/mol. The van der Waals surface area contributed by atoms with Gasteiger partial charge in [0, 0.05) is 35.3 Å². The Balaban J connectivity index is 1.44. The van der Waals surface area contributed by atoms with Crippen LogP contribution in [0.4, 0.5) is 4.79 Å². The SMILES string of the molecule is O=C(O)N1CCc2nc(-c3ccc(CCc4ccc(Cl)cc4)cc3)ncc2C1. The van der Waals surface area contributed by atoms with Gasteiger partial charge in [0.1, 0.15) is 0 Å². The summed E-state index contributed by atoms with van der Waals surface area (Å²) in [6.07, 6.45) is 3.39. The number of fused-ring (bicyclic) bond motifs is 1. The van der Waals surface area contributed by atoms with Crippen molar-refractivity contribution in [2.24, 2.45) is 0 Å². The van der Waals surface area contributed by atoms with Gasteiger partial charge in [0.2, 0.25) is 0 Å². The molecule has 1 aliphatic heterocycles. The first kappa shape index (κ1) is 18.4. The highest BCUT2D eigenvalue weighted by atomic mass is 35.5. The van der Waals surface area contributed by atoms with E-state index in [2.05, 4.69) is 34.2 Å². The number of amides is 1. The van der Waals surface area contributed by atoms with Gasteiger partial charge in [-0.25, -0.2) is 14.8 Å². The summed E-state index contributed by atoms with van der Waals surface area (Å²) in [6, 6.07) is 16.3. The molecule has 1 amide bonds. The molecule has 2 heterocycles. The van der Waals surface area contributed by atoms with Crippen molar-refractivity contribution in [2.75, 3.05) is 6.54 Å². The highest BCUT2D eigenvalue weighted by Crippen LogP contribution is 2.22. The lowest BCUT2D eigenvalue weighted by molar-refractivity contribution is 0.139. The molecular formula is C22H20ClN3O2. The summed E-state index contributed by atoms with van der Waals surface area (Å²) in [4.78, 5) is 21.6. The summed E-state index contributed by atoms with van der Waals surface area (Å²) >= 11 is 5.93. The third-order valence-electron chi connectivity index (χ3n) is 5.03. The fourth-order valence-electron chi connectivity index (χ4n) is 3.38. The van der Waals surface area contributed by atoms with Crippen LogP contribution >= 0.6 is 11.6 Å². The molecule has 0 fully saturated rings. The van der Waals surface area contributed by atoms with Crippen LogP contribution < -0.4 is 0 Å². The Labute approximate surface area is 168 Å². The lowest BCUT2D eigenvalue weighted by Crippen LogP contribution is -2.35. The minimum atomic E-state index is -0.899. The van der Waals surface area contributed by atoms with Crippen LogP contribution in [0.5, 0.6) is 0 Å². The van der Waals surface area contributed by atoms with Crippen LogP contribution in [0, 0.1) is 0 Å². The van der Waals surface area contributed by atoms with Crippen LogP contribution in [0.3, 0.4) is 0 Å². The molecule has 4 rings (SSSR count). The van der Waals surface area contributed by atoms with Crippen LogP contribution in [0.1, 0.15) is 22.4 Å². The highest BCUT2D eigenvalue weighted by molar-refractivity contribution is 6.30. The van der Waals surface area contributed by atoms with E-state index in [1.165, 1.54) is 16.0 Å². The number of hydrogen-bond acceptors (Lipinski definition) is 3. The third kappa shape index (κ3) is 4.15. The van der Waals surface area contributed by atoms with E-state index < -0.39 is 6.09 Å². The maximum absolute atomic E-state index is 11.1. The van der Waals surface area contributed by atoms with Gasteiger partial charge < -0.3 is 10.0 Å². The number of nitrogens with zero attached hydrogens (tertiary/aromatic N) is 3. The second-order valence-electron chi connectivity index (χ2n) is 6.94. The minimum Gasteiger partial charge on any atom is -0.465 e. The van der Waals surface area contributed by atoms with Crippen molar-refractivity contribution in [3.63, 3.8) is 0 Å². The Morgan fingerprint density at radius 1 is 1.04 bits per heavy atom. The van der Waals surface area contributed by atoms with E-state index in [0.29, 0.717) is 25.3 Å². The average molecular weight is 394 g/mol. The minimum absolute atomic E-state index is 0.356. The van der Waals surface area contributed by atoms with E-state index in [4.69, 9.17) is 16.7 Å². The Morgan fingerprint density at radius 3 is 2.32 bits per heavy atom. The first-order valence-corrected chi connectivity index (χ1v) is 9.63. The molecule has 142 valence electrons. The molecule has 28 heavy (non-hydrogen) atoms. The van der Waals surface area contributed by atoms with Gasteiger partial charge >= 0.3 is 6.09 Å². The molecule has 2 aromatic carbocycles. The summed E-state index contributed by atoms with van der Waals surface area (Å²) in [5.41, 5.74) is 5.32. The number of rotatable bonds is 4. The number of halogens is 1. The third-order valence-corrected chi connectivity index (χ3v) is 5.28. The number of carboxylic acid groups (broad SMARTS) is 1. The molecule has 5 nitrogen and oxygen atoms in total. The highest BCUT2D eigenvalue weighted by Gasteiger charge is 2.21. The topological polar surface area (TPSA) is 66.3 Å². The smallest absolute Gasteiger partial charge is 0.407 e. The van der Waals surface area contributed by atoms with E-state index in [9.17, 15) is 4.79 Å². The van der Waals surface area contributed by atoms with Gasteiger partial charge in [0.25, 0.3) is 0 Å². The number of benzene rings is 2. The van der Waals surface area contributed by atoms with Gasteiger partial charge in [-0.3, -0.25) is 0 Å². The molecule has 3 aromatic rings. The zero-order valence-corrected chi connectivity index (χ0v) is 16.1. The summed E-state index contributed by atoms with van der Waals surface area (Å²) < 4.78 is 0. The number of carbonyl (C=O) groups is 1. The fourth-order valence-corrected chi connectivity index (χ4v) is 3.50. The second-order valence-corrected chi connectivity index (χ2v) is 7.38. The molecule has 0 radical (unpaired) electrons. The molecule has 0 saturated carbocycles. The van der Waals surface area contributed by atoms with Crippen LogP contribution in [0.25, 0.3) is 11.4 Å². The van der Waals surface area contributed by atoms with Crippen molar-refractivity contribution in [1.82, 2.24) is 14.9 Å².